The molecule has 0 saturated heterocycles. The maximum atomic E-state index is 5.59. The molecule has 0 aliphatic heterocycles. The van der Waals surface area contributed by atoms with Gasteiger partial charge in [-0.25, -0.2) is 14.6 Å². The van der Waals surface area contributed by atoms with Crippen LogP contribution >= 0.6 is 0 Å². The molecule has 0 radical (unpaired) electrons. The van der Waals surface area contributed by atoms with Gasteiger partial charge in [0.05, 0.1) is 10.8 Å². The predicted molar refractivity (Wildman–Crippen MR) is 110 cm³/mol. The second-order valence-corrected chi connectivity index (χ2v) is 7.50. The van der Waals surface area contributed by atoms with Crippen LogP contribution in [0.25, 0.3) is 33.3 Å². The van der Waals surface area contributed by atoms with Gasteiger partial charge in [0, 0.05) is 24.2 Å². The Balaban J connectivity index is 1.67. The molecule has 8 heteroatoms. The molecule has 0 bridgehead atoms. The molecule has 1 saturated carbocycles. The Bertz CT molecular complexity index is 1160. The van der Waals surface area contributed by atoms with Gasteiger partial charge in [-0.05, 0) is 45.7 Å². The molecule has 8 nitrogen and oxygen atoms in total. The van der Waals surface area contributed by atoms with E-state index in [4.69, 9.17) is 9.62 Å². The van der Waals surface area contributed by atoms with E-state index in [0.717, 1.165) is 51.4 Å². The fourth-order valence-electron chi connectivity index (χ4n) is 3.45. The minimum Gasteiger partial charge on any atom is -0.370 e. The molecule has 0 amide bonds. The van der Waals surface area contributed by atoms with Crippen LogP contribution in [-0.2, 0) is 0 Å². The number of fused-ring (bicyclic) bond motifs is 2. The van der Waals surface area contributed by atoms with Crippen LogP contribution < -0.4 is 10.6 Å². The Morgan fingerprint density at radius 1 is 1.21 bits per heavy atom. The summed E-state index contributed by atoms with van der Waals surface area (Å²) in [5.41, 5.74) is 3.37. The van der Waals surface area contributed by atoms with Crippen molar-refractivity contribution in [1.29, 1.82) is 0 Å². The number of anilines is 2. The molecule has 2 N–H and O–H groups in total. The van der Waals surface area contributed by atoms with Gasteiger partial charge in [0.1, 0.15) is 17.8 Å². The maximum absolute atomic E-state index is 5.59. The van der Waals surface area contributed by atoms with Crippen LogP contribution in [-0.4, -0.2) is 37.5 Å². The van der Waals surface area contributed by atoms with Crippen molar-refractivity contribution in [2.75, 3.05) is 17.2 Å². The first-order chi connectivity index (χ1) is 13.7. The van der Waals surface area contributed by atoms with E-state index in [-0.39, 0.29) is 6.04 Å². The Morgan fingerprint density at radius 2 is 2.07 bits per heavy atom. The van der Waals surface area contributed by atoms with Crippen molar-refractivity contribution < 1.29 is 4.52 Å². The third-order valence-corrected chi connectivity index (χ3v) is 4.99. The van der Waals surface area contributed by atoms with Crippen molar-refractivity contribution in [3.05, 3.63) is 24.5 Å². The van der Waals surface area contributed by atoms with Crippen LogP contribution in [0.4, 0.5) is 11.6 Å². The number of benzene rings is 1. The molecule has 1 aromatic carbocycles. The Hall–Kier alpha value is -3.16. The molecule has 0 unspecified atom stereocenters. The zero-order valence-corrected chi connectivity index (χ0v) is 16.2. The van der Waals surface area contributed by atoms with Crippen LogP contribution in [0, 0.1) is 0 Å². The second kappa shape index (κ2) is 6.47. The van der Waals surface area contributed by atoms with Gasteiger partial charge in [0.25, 0.3) is 0 Å². The van der Waals surface area contributed by atoms with Crippen molar-refractivity contribution in [3.63, 3.8) is 0 Å². The van der Waals surface area contributed by atoms with Crippen LogP contribution in [0.5, 0.6) is 0 Å². The van der Waals surface area contributed by atoms with Crippen molar-refractivity contribution in [2.45, 2.75) is 45.7 Å². The van der Waals surface area contributed by atoms with Gasteiger partial charge in [0.2, 0.25) is 0 Å². The summed E-state index contributed by atoms with van der Waals surface area (Å²) in [4.78, 5) is 8.94. The minimum atomic E-state index is 0.184. The van der Waals surface area contributed by atoms with Crippen molar-refractivity contribution >= 4 is 33.6 Å². The molecule has 144 valence electrons. The number of rotatable bonds is 6. The zero-order valence-electron chi connectivity index (χ0n) is 16.2. The van der Waals surface area contributed by atoms with Crippen LogP contribution in [0.15, 0.2) is 29.0 Å². The normalized spacial score (nSPS) is 14.3. The van der Waals surface area contributed by atoms with E-state index in [1.165, 1.54) is 12.8 Å². The van der Waals surface area contributed by atoms with E-state index in [1.54, 1.807) is 6.33 Å². The standard InChI is InChI=1S/C20H23N7O/c1-4-21-19-16-17(25-27(11(2)3)20(16)23-10-22-19)12-5-8-14-15(9-12)28-26-18(14)24-13-6-7-13/h5,8-11,13H,4,6-7H2,1-3H3,(H,24,26)(H,21,22,23). The van der Waals surface area contributed by atoms with Crippen molar-refractivity contribution in [2.24, 2.45) is 0 Å². The number of nitrogens with zero attached hydrogens (tertiary/aromatic N) is 5. The molecule has 1 fully saturated rings. The lowest BCUT2D eigenvalue weighted by Crippen LogP contribution is -2.04. The highest BCUT2D eigenvalue weighted by atomic mass is 16.5. The molecular weight excluding hydrogens is 354 g/mol. The molecule has 28 heavy (non-hydrogen) atoms. The lowest BCUT2D eigenvalue weighted by Gasteiger charge is -2.06. The quantitative estimate of drug-likeness (QED) is 0.519. The highest BCUT2D eigenvalue weighted by molar-refractivity contribution is 6.01. The van der Waals surface area contributed by atoms with Gasteiger partial charge in [-0.3, -0.25) is 0 Å². The topological polar surface area (TPSA) is 93.7 Å². The summed E-state index contributed by atoms with van der Waals surface area (Å²) >= 11 is 0. The Morgan fingerprint density at radius 3 is 2.82 bits per heavy atom. The summed E-state index contributed by atoms with van der Waals surface area (Å²) in [6.07, 6.45) is 3.97. The van der Waals surface area contributed by atoms with E-state index >= 15 is 0 Å². The number of hydrogen-bond acceptors (Lipinski definition) is 7. The highest BCUT2D eigenvalue weighted by Crippen LogP contribution is 2.36. The smallest absolute Gasteiger partial charge is 0.177 e. The average molecular weight is 377 g/mol. The van der Waals surface area contributed by atoms with E-state index in [2.05, 4.69) is 52.6 Å². The third kappa shape index (κ3) is 2.76. The summed E-state index contributed by atoms with van der Waals surface area (Å²) in [6, 6.07) is 6.81. The van der Waals surface area contributed by atoms with Gasteiger partial charge in [-0.2, -0.15) is 5.10 Å². The largest absolute Gasteiger partial charge is 0.370 e. The fourth-order valence-corrected chi connectivity index (χ4v) is 3.45. The van der Waals surface area contributed by atoms with Gasteiger partial charge < -0.3 is 15.2 Å². The first kappa shape index (κ1) is 17.0. The minimum absolute atomic E-state index is 0.184. The summed E-state index contributed by atoms with van der Waals surface area (Å²) in [7, 11) is 0. The van der Waals surface area contributed by atoms with E-state index in [0.29, 0.717) is 6.04 Å². The third-order valence-electron chi connectivity index (χ3n) is 4.99. The molecule has 1 aliphatic carbocycles. The van der Waals surface area contributed by atoms with Crippen LogP contribution in [0.1, 0.15) is 39.7 Å². The molecule has 4 aromatic rings. The SMILES string of the molecule is CCNc1ncnc2c1c(-c1ccc3c(NC4CC4)noc3c1)nn2C(C)C. The lowest BCUT2D eigenvalue weighted by atomic mass is 10.1. The number of hydrogen-bond donors (Lipinski definition) is 2. The molecule has 0 atom stereocenters. The molecule has 3 heterocycles. The summed E-state index contributed by atoms with van der Waals surface area (Å²) in [5, 5.41) is 17.7. The predicted octanol–water partition coefficient (Wildman–Crippen LogP) is 4.22. The Kier molecular flexibility index (Phi) is 3.92. The molecule has 5 rings (SSSR count). The number of aromatic nitrogens is 5. The Labute approximate surface area is 162 Å². The van der Waals surface area contributed by atoms with E-state index in [9.17, 15) is 0 Å². The summed E-state index contributed by atoms with van der Waals surface area (Å²) < 4.78 is 7.53. The highest BCUT2D eigenvalue weighted by Gasteiger charge is 2.24. The molecule has 1 aliphatic rings. The fraction of sp³-hybridized carbons (Fsp3) is 0.400. The molecular formula is C20H23N7O. The first-order valence-electron chi connectivity index (χ1n) is 9.79. The maximum Gasteiger partial charge on any atom is 0.177 e. The average Bonchev–Trinajstić information content (AvgIpc) is 3.28. The van der Waals surface area contributed by atoms with Gasteiger partial charge in [0.15, 0.2) is 17.0 Å². The summed E-state index contributed by atoms with van der Waals surface area (Å²) in [6.45, 7) is 7.02. The van der Waals surface area contributed by atoms with Crippen molar-refractivity contribution in [1.82, 2.24) is 24.9 Å². The monoisotopic (exact) mass is 377 g/mol. The van der Waals surface area contributed by atoms with E-state index in [1.807, 2.05) is 16.8 Å². The van der Waals surface area contributed by atoms with Crippen LogP contribution in [0.2, 0.25) is 0 Å². The van der Waals surface area contributed by atoms with Gasteiger partial charge in [-0.1, -0.05) is 11.2 Å². The van der Waals surface area contributed by atoms with Crippen molar-refractivity contribution in [3.8, 4) is 11.3 Å². The van der Waals surface area contributed by atoms with E-state index < -0.39 is 0 Å². The lowest BCUT2D eigenvalue weighted by molar-refractivity contribution is 0.459. The number of nitrogens with one attached hydrogen (secondary N) is 2. The zero-order chi connectivity index (χ0) is 19.3. The first-order valence-corrected chi connectivity index (χ1v) is 9.79. The summed E-state index contributed by atoms with van der Waals surface area (Å²) in [5.74, 6) is 1.61. The molecule has 3 aromatic heterocycles. The molecule has 0 spiro atoms. The van der Waals surface area contributed by atoms with Gasteiger partial charge >= 0.3 is 0 Å². The van der Waals surface area contributed by atoms with Crippen LogP contribution in [0.3, 0.4) is 0 Å². The van der Waals surface area contributed by atoms with Gasteiger partial charge in [-0.15, -0.1) is 0 Å². The second-order valence-electron chi connectivity index (χ2n) is 7.50.